The van der Waals surface area contributed by atoms with Crippen LogP contribution in [0.15, 0.2) is 0 Å². The van der Waals surface area contributed by atoms with E-state index in [4.69, 9.17) is 4.74 Å². The van der Waals surface area contributed by atoms with Crippen molar-refractivity contribution in [2.45, 2.75) is 45.3 Å². The van der Waals surface area contributed by atoms with E-state index in [1.807, 2.05) is 0 Å². The summed E-state index contributed by atoms with van der Waals surface area (Å²) in [6.45, 7) is 7.87. The summed E-state index contributed by atoms with van der Waals surface area (Å²) in [6.07, 6.45) is -0.00323. The maximum atomic E-state index is 12.0. The zero-order valence-electron chi connectivity index (χ0n) is 11.9. The number of carbonyl (C=O) groups excluding carboxylic acids is 2. The number of rotatable bonds is 0. The molecule has 0 spiro atoms. The van der Waals surface area contributed by atoms with Crippen LogP contribution in [0.25, 0.3) is 0 Å². The van der Waals surface area contributed by atoms with E-state index in [-0.39, 0.29) is 19.0 Å². The Hall–Kier alpha value is -1.30. The van der Waals surface area contributed by atoms with Gasteiger partial charge in [0.1, 0.15) is 11.2 Å². The number of β-amino-alcohol motifs (C(OH)–C–C–N with tert-alkyl or cyclic N) is 1. The normalized spacial score (nSPS) is 34.8. The maximum Gasteiger partial charge on any atom is 0.410 e. The van der Waals surface area contributed by atoms with Crippen molar-refractivity contribution in [3.05, 3.63) is 0 Å². The summed E-state index contributed by atoms with van der Waals surface area (Å²) in [5.74, 6) is -0.140. The van der Waals surface area contributed by atoms with Gasteiger partial charge in [-0.1, -0.05) is 0 Å². The topological polar surface area (TPSA) is 78.9 Å². The van der Waals surface area contributed by atoms with Gasteiger partial charge in [0.2, 0.25) is 5.91 Å². The molecule has 0 saturated carbocycles. The summed E-state index contributed by atoms with van der Waals surface area (Å²) >= 11 is 0. The number of nitrogens with one attached hydrogen (secondary N) is 1. The predicted molar refractivity (Wildman–Crippen MR) is 68.5 cm³/mol. The van der Waals surface area contributed by atoms with Crippen molar-refractivity contribution >= 4 is 12.0 Å². The number of aliphatic hydroxyl groups is 1. The first-order valence-electron chi connectivity index (χ1n) is 6.56. The van der Waals surface area contributed by atoms with Crippen LogP contribution in [-0.2, 0) is 9.53 Å². The number of hydrogen-bond acceptors (Lipinski definition) is 4. The molecule has 0 radical (unpaired) electrons. The minimum Gasteiger partial charge on any atom is -0.444 e. The second-order valence-corrected chi connectivity index (χ2v) is 6.70. The van der Waals surface area contributed by atoms with Crippen molar-refractivity contribution in [3.8, 4) is 0 Å². The van der Waals surface area contributed by atoms with E-state index in [9.17, 15) is 14.7 Å². The molecule has 2 atom stereocenters. The molecule has 2 unspecified atom stereocenters. The van der Waals surface area contributed by atoms with Crippen molar-refractivity contribution in [3.63, 3.8) is 0 Å². The Morgan fingerprint density at radius 1 is 1.47 bits per heavy atom. The number of nitrogens with zero attached hydrogens (tertiary/aromatic N) is 1. The Morgan fingerprint density at radius 3 is 2.68 bits per heavy atom. The number of amides is 2. The first-order chi connectivity index (χ1) is 8.57. The second kappa shape index (κ2) is 4.10. The van der Waals surface area contributed by atoms with Crippen LogP contribution in [0, 0.1) is 5.41 Å². The fourth-order valence-corrected chi connectivity index (χ4v) is 2.64. The summed E-state index contributed by atoms with van der Waals surface area (Å²) in [6, 6.07) is 0. The van der Waals surface area contributed by atoms with Gasteiger partial charge in [-0.05, 0) is 34.1 Å². The van der Waals surface area contributed by atoms with E-state index in [1.54, 1.807) is 27.7 Å². The second-order valence-electron chi connectivity index (χ2n) is 6.70. The summed E-state index contributed by atoms with van der Waals surface area (Å²) in [5, 5.41) is 13.3. The first kappa shape index (κ1) is 14.1. The standard InChI is InChI=1S/C13H22N2O4/c1-11(2,3)19-10(17)15-6-5-12(4)9(16)14-7-13(12,18)8-15/h18H,5-8H2,1-4H3,(H,14,16). The van der Waals surface area contributed by atoms with Crippen LogP contribution in [0.1, 0.15) is 34.1 Å². The zero-order valence-corrected chi connectivity index (χ0v) is 11.9. The van der Waals surface area contributed by atoms with Crippen molar-refractivity contribution < 1.29 is 19.4 Å². The molecular weight excluding hydrogens is 248 g/mol. The number of hydrogen-bond donors (Lipinski definition) is 2. The predicted octanol–water partition coefficient (Wildman–Crippen LogP) is 0.494. The molecule has 2 rings (SSSR count). The van der Waals surface area contributed by atoms with Crippen LogP contribution in [0.5, 0.6) is 0 Å². The number of likely N-dealkylation sites (tertiary alicyclic amines) is 1. The summed E-state index contributed by atoms with van der Waals surface area (Å²) < 4.78 is 5.30. The largest absolute Gasteiger partial charge is 0.444 e. The van der Waals surface area contributed by atoms with Crippen molar-refractivity contribution in [2.75, 3.05) is 19.6 Å². The lowest BCUT2D eigenvalue weighted by atomic mass is 9.70. The molecule has 19 heavy (non-hydrogen) atoms. The van der Waals surface area contributed by atoms with E-state index >= 15 is 0 Å². The molecule has 2 heterocycles. The molecule has 0 bridgehead atoms. The molecule has 2 aliphatic heterocycles. The van der Waals surface area contributed by atoms with Gasteiger partial charge < -0.3 is 20.1 Å². The highest BCUT2D eigenvalue weighted by Gasteiger charge is 2.60. The Balaban J connectivity index is 2.11. The number of ether oxygens (including phenoxy) is 1. The lowest BCUT2D eigenvalue weighted by Crippen LogP contribution is -2.61. The molecule has 2 fully saturated rings. The van der Waals surface area contributed by atoms with Crippen molar-refractivity contribution in [1.82, 2.24) is 10.2 Å². The van der Waals surface area contributed by atoms with Crippen LogP contribution in [-0.4, -0.2) is 52.8 Å². The monoisotopic (exact) mass is 270 g/mol. The van der Waals surface area contributed by atoms with Gasteiger partial charge in [0.05, 0.1) is 12.0 Å². The fraction of sp³-hybridized carbons (Fsp3) is 0.846. The number of fused-ring (bicyclic) bond motifs is 1. The van der Waals surface area contributed by atoms with Gasteiger partial charge in [-0.15, -0.1) is 0 Å². The van der Waals surface area contributed by atoms with Crippen LogP contribution in [0.3, 0.4) is 0 Å². The molecule has 2 N–H and O–H groups in total. The Kier molecular flexibility index (Phi) is 3.04. The Bertz CT molecular complexity index is 417. The fourth-order valence-electron chi connectivity index (χ4n) is 2.64. The highest BCUT2D eigenvalue weighted by atomic mass is 16.6. The van der Waals surface area contributed by atoms with E-state index in [1.165, 1.54) is 4.90 Å². The molecule has 2 saturated heterocycles. The minimum atomic E-state index is -1.21. The zero-order chi connectivity index (χ0) is 14.5. The van der Waals surface area contributed by atoms with E-state index < -0.39 is 22.7 Å². The van der Waals surface area contributed by atoms with Crippen LogP contribution in [0.4, 0.5) is 4.79 Å². The third kappa shape index (κ3) is 2.29. The van der Waals surface area contributed by atoms with Crippen LogP contribution >= 0.6 is 0 Å². The van der Waals surface area contributed by atoms with Gasteiger partial charge in [0, 0.05) is 13.1 Å². The molecule has 2 aliphatic rings. The molecule has 0 aromatic rings. The first-order valence-corrected chi connectivity index (χ1v) is 6.56. The van der Waals surface area contributed by atoms with Gasteiger partial charge in [0.15, 0.2) is 0 Å². The molecule has 0 aromatic heterocycles. The molecule has 108 valence electrons. The molecule has 0 aliphatic carbocycles. The molecule has 6 nitrogen and oxygen atoms in total. The molecule has 6 heteroatoms. The Labute approximate surface area is 113 Å². The third-order valence-corrected chi connectivity index (χ3v) is 4.06. The third-order valence-electron chi connectivity index (χ3n) is 4.06. The number of carbonyl (C=O) groups is 2. The summed E-state index contributed by atoms with van der Waals surface area (Å²) in [4.78, 5) is 25.3. The molecular formula is C13H22N2O4. The van der Waals surface area contributed by atoms with Gasteiger partial charge in [0.25, 0.3) is 0 Å². The van der Waals surface area contributed by atoms with Gasteiger partial charge in [-0.3, -0.25) is 4.79 Å². The average molecular weight is 270 g/mol. The SMILES string of the molecule is CC(C)(C)OC(=O)N1CCC2(C)C(=O)NCC2(O)C1. The summed E-state index contributed by atoms with van der Waals surface area (Å²) in [7, 11) is 0. The smallest absolute Gasteiger partial charge is 0.410 e. The quantitative estimate of drug-likeness (QED) is 0.671. The van der Waals surface area contributed by atoms with Gasteiger partial charge >= 0.3 is 6.09 Å². The lowest BCUT2D eigenvalue weighted by molar-refractivity contribution is -0.144. The van der Waals surface area contributed by atoms with Crippen molar-refractivity contribution in [2.24, 2.45) is 5.41 Å². The molecule has 2 amide bonds. The maximum absolute atomic E-state index is 12.0. The van der Waals surface area contributed by atoms with Crippen LogP contribution < -0.4 is 5.32 Å². The van der Waals surface area contributed by atoms with Gasteiger partial charge in [-0.25, -0.2) is 4.79 Å². The number of piperidine rings is 1. The highest BCUT2D eigenvalue weighted by molar-refractivity contribution is 5.87. The van der Waals surface area contributed by atoms with Crippen LogP contribution in [0.2, 0.25) is 0 Å². The van der Waals surface area contributed by atoms with Gasteiger partial charge in [-0.2, -0.15) is 0 Å². The summed E-state index contributed by atoms with van der Waals surface area (Å²) in [5.41, 5.74) is -2.59. The highest BCUT2D eigenvalue weighted by Crippen LogP contribution is 2.43. The van der Waals surface area contributed by atoms with E-state index in [0.29, 0.717) is 13.0 Å². The molecule has 0 aromatic carbocycles. The average Bonchev–Trinajstić information content (AvgIpc) is 2.49. The minimum absolute atomic E-state index is 0.122. The lowest BCUT2D eigenvalue weighted by Gasteiger charge is -2.45. The van der Waals surface area contributed by atoms with E-state index in [0.717, 1.165) is 0 Å². The Morgan fingerprint density at radius 2 is 2.11 bits per heavy atom. The van der Waals surface area contributed by atoms with E-state index in [2.05, 4.69) is 5.32 Å². The van der Waals surface area contributed by atoms with Crippen molar-refractivity contribution in [1.29, 1.82) is 0 Å².